The highest BCUT2D eigenvalue weighted by molar-refractivity contribution is 5.98. The third kappa shape index (κ3) is 7.77. The van der Waals surface area contributed by atoms with Crippen molar-refractivity contribution >= 4 is 66.6 Å². The van der Waals surface area contributed by atoms with E-state index in [2.05, 4.69) is 120 Å². The molecule has 10 aromatic rings. The summed E-state index contributed by atoms with van der Waals surface area (Å²) in [5.41, 5.74) is 20.7. The molecule has 0 saturated heterocycles. The molecule has 0 spiro atoms. The van der Waals surface area contributed by atoms with Crippen LogP contribution in [0.3, 0.4) is 0 Å². The molecule has 0 aliphatic heterocycles. The minimum atomic E-state index is -0.394. The smallest absolute Gasteiger partial charge is 0.269 e. The minimum Gasteiger partial charge on any atom is -0.399 e. The first-order valence-electron chi connectivity index (χ1n) is 19.4. The van der Waals surface area contributed by atoms with E-state index in [1.165, 1.54) is 34.0 Å². The molecule has 0 amide bonds. The number of nitrogens with one attached hydrogen (secondary N) is 2. The lowest BCUT2D eigenvalue weighted by atomic mass is 10.0. The minimum absolute atomic E-state index is 0.0862. The van der Waals surface area contributed by atoms with Crippen LogP contribution in [-0.4, -0.2) is 34.0 Å². The SMILES string of the molecule is Cn1ccc2ccc(-c3cc(NCc4ccc(N)cc4)cc4nccnc34)cc21.Cn1ccc2ccc(-c3cc(NCc4ccc([N+](=O)[O-])cc4)cc4nccnc34)cc21. The zero-order valence-electron chi connectivity index (χ0n) is 32.9. The second-order valence-corrected chi connectivity index (χ2v) is 14.7. The highest BCUT2D eigenvalue weighted by atomic mass is 16.6. The van der Waals surface area contributed by atoms with Gasteiger partial charge in [0.2, 0.25) is 0 Å². The number of anilines is 3. The van der Waals surface area contributed by atoms with Crippen molar-refractivity contribution in [3.63, 3.8) is 0 Å². The Morgan fingerprint density at radius 1 is 0.567 bits per heavy atom. The van der Waals surface area contributed by atoms with Crippen molar-refractivity contribution in [3.8, 4) is 22.3 Å². The van der Waals surface area contributed by atoms with Gasteiger partial charge in [-0.1, -0.05) is 48.5 Å². The fourth-order valence-corrected chi connectivity index (χ4v) is 7.43. The van der Waals surface area contributed by atoms with Gasteiger partial charge in [-0.2, -0.15) is 0 Å². The summed E-state index contributed by atoms with van der Waals surface area (Å²) in [6.45, 7) is 1.25. The van der Waals surface area contributed by atoms with Gasteiger partial charge in [-0.15, -0.1) is 0 Å². The second-order valence-electron chi connectivity index (χ2n) is 14.7. The molecule has 0 saturated carbocycles. The molecule has 10 rings (SSSR count). The number of benzene rings is 6. The zero-order chi connectivity index (χ0) is 41.2. The lowest BCUT2D eigenvalue weighted by molar-refractivity contribution is -0.384. The average molecular weight is 789 g/mol. The van der Waals surface area contributed by atoms with Crippen LogP contribution in [0, 0.1) is 10.1 Å². The van der Waals surface area contributed by atoms with Gasteiger partial charge >= 0.3 is 0 Å². The van der Waals surface area contributed by atoms with Crippen LogP contribution < -0.4 is 16.4 Å². The van der Waals surface area contributed by atoms with Crippen LogP contribution in [0.25, 0.3) is 66.1 Å². The highest BCUT2D eigenvalue weighted by Gasteiger charge is 2.13. The third-order valence-electron chi connectivity index (χ3n) is 10.7. The van der Waals surface area contributed by atoms with Crippen LogP contribution in [0.5, 0.6) is 0 Å². The number of nitro benzene ring substituents is 1. The van der Waals surface area contributed by atoms with Gasteiger partial charge < -0.3 is 25.5 Å². The normalized spacial score (nSPS) is 11.2. The van der Waals surface area contributed by atoms with Crippen molar-refractivity contribution in [1.29, 1.82) is 0 Å². The Morgan fingerprint density at radius 3 is 1.48 bits per heavy atom. The number of hydrogen-bond donors (Lipinski definition) is 3. The number of non-ortho nitro benzene ring substituents is 1. The molecule has 0 radical (unpaired) electrons. The van der Waals surface area contributed by atoms with E-state index < -0.39 is 4.92 Å². The van der Waals surface area contributed by atoms with E-state index in [-0.39, 0.29) is 5.69 Å². The number of nitro groups is 1. The fraction of sp³-hybridized carbons (Fsp3) is 0.0833. The molecule has 4 N–H and O–H groups in total. The second kappa shape index (κ2) is 16.0. The van der Waals surface area contributed by atoms with Gasteiger partial charge in [-0.05, 0) is 93.7 Å². The highest BCUT2D eigenvalue weighted by Crippen LogP contribution is 2.34. The Balaban J connectivity index is 0.000000154. The Hall–Kier alpha value is -8.12. The standard InChI is InChI=1S/C24H19N5O2.C24H21N5/c1-28-11-8-17-4-5-18(12-23(17)28)21-13-19(14-22-24(21)26-10-9-25-22)27-15-16-2-6-20(7-3-16)29(30)31;1-29-11-8-17-4-5-18(12-23(17)29)21-13-20(14-22-24(21)27-10-9-26-22)28-15-16-2-6-19(25)7-3-16/h2-14,27H,15H2,1H3;2-14,28H,15,25H2,1H3. The molecule has 0 fully saturated rings. The summed E-state index contributed by atoms with van der Waals surface area (Å²) in [5.74, 6) is 0. The van der Waals surface area contributed by atoms with Crippen LogP contribution in [0.2, 0.25) is 0 Å². The van der Waals surface area contributed by atoms with E-state index in [0.717, 1.165) is 72.5 Å². The molecular weight excluding hydrogens is 749 g/mol. The van der Waals surface area contributed by atoms with Crippen molar-refractivity contribution in [2.24, 2.45) is 14.1 Å². The van der Waals surface area contributed by atoms with E-state index in [9.17, 15) is 10.1 Å². The van der Waals surface area contributed by atoms with Crippen molar-refractivity contribution in [3.05, 3.63) is 180 Å². The summed E-state index contributed by atoms with van der Waals surface area (Å²) in [6, 6.07) is 39.8. The van der Waals surface area contributed by atoms with Gasteiger partial charge in [0.15, 0.2) is 0 Å². The molecular formula is C48H40N10O2. The molecule has 12 heteroatoms. The molecule has 294 valence electrons. The van der Waals surface area contributed by atoms with E-state index in [0.29, 0.717) is 13.1 Å². The largest absolute Gasteiger partial charge is 0.399 e. The van der Waals surface area contributed by atoms with Gasteiger partial charge in [0, 0.05) is 116 Å². The van der Waals surface area contributed by atoms with E-state index in [1.807, 2.05) is 43.4 Å². The Morgan fingerprint density at radius 2 is 1.02 bits per heavy atom. The number of nitrogens with zero attached hydrogens (tertiary/aromatic N) is 7. The molecule has 6 aromatic carbocycles. The van der Waals surface area contributed by atoms with Crippen LogP contribution in [-0.2, 0) is 27.2 Å². The summed E-state index contributed by atoms with van der Waals surface area (Å²) in [4.78, 5) is 28.7. The molecule has 0 unspecified atom stereocenters. The maximum atomic E-state index is 10.8. The topological polar surface area (TPSA) is 155 Å². The molecule has 0 aliphatic carbocycles. The van der Waals surface area contributed by atoms with E-state index in [4.69, 9.17) is 5.73 Å². The van der Waals surface area contributed by atoms with Crippen LogP contribution >= 0.6 is 0 Å². The van der Waals surface area contributed by atoms with Gasteiger partial charge in [0.05, 0.1) is 27.0 Å². The average Bonchev–Trinajstić information content (AvgIpc) is 3.85. The van der Waals surface area contributed by atoms with Gasteiger partial charge in [-0.3, -0.25) is 30.1 Å². The molecule has 12 nitrogen and oxygen atoms in total. The first-order valence-corrected chi connectivity index (χ1v) is 19.4. The first kappa shape index (κ1) is 37.5. The maximum Gasteiger partial charge on any atom is 0.269 e. The molecule has 0 aliphatic rings. The van der Waals surface area contributed by atoms with Crippen LogP contribution in [0.4, 0.5) is 22.7 Å². The number of aromatic nitrogens is 6. The summed E-state index contributed by atoms with van der Waals surface area (Å²) in [7, 11) is 4.10. The molecule has 60 heavy (non-hydrogen) atoms. The Kier molecular flexibility index (Phi) is 10.0. The van der Waals surface area contributed by atoms with Gasteiger partial charge in [0.25, 0.3) is 5.69 Å². The number of fused-ring (bicyclic) bond motifs is 4. The van der Waals surface area contributed by atoms with Crippen LogP contribution in [0.15, 0.2) is 159 Å². The summed E-state index contributed by atoms with van der Waals surface area (Å²) in [5, 5.41) is 20.2. The van der Waals surface area contributed by atoms with Crippen molar-refractivity contribution in [1.82, 2.24) is 29.1 Å². The maximum absolute atomic E-state index is 10.8. The monoisotopic (exact) mass is 788 g/mol. The Labute approximate surface area is 345 Å². The van der Waals surface area contributed by atoms with Crippen molar-refractivity contribution in [2.45, 2.75) is 13.1 Å². The van der Waals surface area contributed by atoms with Gasteiger partial charge in [-0.25, -0.2) is 0 Å². The molecule has 4 heterocycles. The van der Waals surface area contributed by atoms with Crippen molar-refractivity contribution in [2.75, 3.05) is 16.4 Å². The zero-order valence-corrected chi connectivity index (χ0v) is 32.9. The Bertz CT molecular complexity index is 3170. The van der Waals surface area contributed by atoms with Crippen molar-refractivity contribution < 1.29 is 4.92 Å². The summed E-state index contributed by atoms with van der Waals surface area (Å²) < 4.78 is 4.24. The van der Waals surface area contributed by atoms with E-state index >= 15 is 0 Å². The number of rotatable bonds is 9. The summed E-state index contributed by atoms with van der Waals surface area (Å²) >= 11 is 0. The van der Waals surface area contributed by atoms with E-state index in [1.54, 1.807) is 36.9 Å². The number of aryl methyl sites for hydroxylation is 2. The van der Waals surface area contributed by atoms with Gasteiger partial charge in [0.1, 0.15) is 0 Å². The molecule has 4 aromatic heterocycles. The predicted octanol–water partition coefficient (Wildman–Crippen LogP) is 10.3. The summed E-state index contributed by atoms with van der Waals surface area (Å²) in [6.07, 6.45) is 11.0. The third-order valence-corrected chi connectivity index (χ3v) is 10.7. The number of nitrogen functional groups attached to an aromatic ring is 1. The lowest BCUT2D eigenvalue weighted by Crippen LogP contribution is -2.01. The van der Waals surface area contributed by atoms with Crippen LogP contribution in [0.1, 0.15) is 11.1 Å². The quantitative estimate of drug-likeness (QED) is 0.0736. The number of hydrogen-bond acceptors (Lipinski definition) is 9. The first-order chi connectivity index (χ1) is 29.3. The fourth-order valence-electron chi connectivity index (χ4n) is 7.43. The molecule has 0 atom stereocenters. The lowest BCUT2D eigenvalue weighted by Gasteiger charge is -2.12. The molecule has 0 bridgehead atoms. The number of nitrogens with two attached hydrogens (primary N) is 1. The predicted molar refractivity (Wildman–Crippen MR) is 242 cm³/mol.